The largest absolute Gasteiger partial charge is 0.508 e. The van der Waals surface area contributed by atoms with Crippen molar-refractivity contribution in [1.82, 2.24) is 15.3 Å². The van der Waals surface area contributed by atoms with Gasteiger partial charge < -0.3 is 30.7 Å². The molecule has 0 aliphatic heterocycles. The lowest BCUT2D eigenvalue weighted by Gasteiger charge is -2.08. The summed E-state index contributed by atoms with van der Waals surface area (Å²) < 4.78 is 0. The molecular formula is C13H17N3O5. The first-order valence-electron chi connectivity index (χ1n) is 6.01. The number of aliphatic carboxylic acids is 1. The number of carboxylic acid groups (broad SMARTS) is 1. The third kappa shape index (κ3) is 5.83. The lowest BCUT2D eigenvalue weighted by molar-refractivity contribution is -0.139. The molecule has 8 nitrogen and oxygen atoms in total. The minimum atomic E-state index is -0.855. The van der Waals surface area contributed by atoms with Crippen molar-refractivity contribution in [1.29, 1.82) is 0 Å². The summed E-state index contributed by atoms with van der Waals surface area (Å²) in [5.74, 6) is -1.29. The van der Waals surface area contributed by atoms with E-state index in [1.165, 1.54) is 6.33 Å². The van der Waals surface area contributed by atoms with E-state index in [2.05, 4.69) is 15.3 Å². The number of hydrogen-bond acceptors (Lipinski definition) is 6. The number of aromatic amines is 1. The summed E-state index contributed by atoms with van der Waals surface area (Å²) in [7, 11) is 1.62. The number of imidazole rings is 1. The number of H-pyrrole nitrogens is 1. The molecule has 0 bridgehead atoms. The van der Waals surface area contributed by atoms with Gasteiger partial charge in [0.05, 0.1) is 6.33 Å². The van der Waals surface area contributed by atoms with Crippen LogP contribution in [0.1, 0.15) is 5.69 Å². The number of hydrogen-bond donors (Lipinski definition) is 6. The van der Waals surface area contributed by atoms with Gasteiger partial charge in [0.15, 0.2) is 0 Å². The van der Waals surface area contributed by atoms with Crippen molar-refractivity contribution >= 4 is 5.97 Å². The zero-order chi connectivity index (χ0) is 15.8. The Morgan fingerprint density at radius 3 is 2.10 bits per heavy atom. The van der Waals surface area contributed by atoms with Gasteiger partial charge in [-0.05, 0) is 7.05 Å². The molecular weight excluding hydrogens is 278 g/mol. The van der Waals surface area contributed by atoms with Crippen LogP contribution in [0.3, 0.4) is 0 Å². The smallest absolute Gasteiger partial charge is 0.321 e. The number of benzene rings is 1. The first-order valence-corrected chi connectivity index (χ1v) is 6.01. The molecule has 6 N–H and O–H groups in total. The maximum absolute atomic E-state index is 10.6. The molecule has 0 amide bonds. The second-order valence-corrected chi connectivity index (χ2v) is 4.17. The predicted molar refractivity (Wildman–Crippen MR) is 74.2 cm³/mol. The summed E-state index contributed by atoms with van der Waals surface area (Å²) in [4.78, 5) is 17.2. The van der Waals surface area contributed by atoms with E-state index < -0.39 is 12.0 Å². The number of aromatic hydroxyl groups is 3. The number of phenols is 3. The number of carboxylic acids is 1. The Kier molecular flexibility index (Phi) is 6.02. The minimum Gasteiger partial charge on any atom is -0.508 e. The summed E-state index contributed by atoms with van der Waals surface area (Å²) in [5.41, 5.74) is 0.816. The van der Waals surface area contributed by atoms with Crippen LogP contribution in [-0.4, -0.2) is 49.5 Å². The number of phenolic OH excluding ortho intramolecular Hbond substituents is 3. The molecule has 0 spiro atoms. The van der Waals surface area contributed by atoms with Crippen LogP contribution in [0.4, 0.5) is 0 Å². The average molecular weight is 295 g/mol. The van der Waals surface area contributed by atoms with Gasteiger partial charge in [0, 0.05) is 36.5 Å². The van der Waals surface area contributed by atoms with Crippen LogP contribution in [0.2, 0.25) is 0 Å². The van der Waals surface area contributed by atoms with Crippen LogP contribution < -0.4 is 5.32 Å². The summed E-state index contributed by atoms with van der Waals surface area (Å²) in [6.45, 7) is 0. The first kappa shape index (κ1) is 16.3. The van der Waals surface area contributed by atoms with Gasteiger partial charge in [0.1, 0.15) is 23.3 Å². The fourth-order valence-corrected chi connectivity index (χ4v) is 1.51. The SMILES string of the molecule is CNC(Cc1cnc[nH]1)C(=O)O.Oc1cc(O)cc(O)c1. The molecule has 1 unspecified atom stereocenters. The van der Waals surface area contributed by atoms with E-state index >= 15 is 0 Å². The zero-order valence-corrected chi connectivity index (χ0v) is 11.3. The standard InChI is InChI=1S/C7H11N3O2.C6H6O3/c1-8-6(7(11)12)2-5-3-9-4-10-5;7-4-1-5(8)3-6(9)2-4/h3-4,6,8H,2H2,1H3,(H,9,10)(H,11,12);1-3,7-9H. The Morgan fingerprint density at radius 2 is 1.76 bits per heavy atom. The van der Waals surface area contributed by atoms with Crippen LogP contribution in [0, 0.1) is 0 Å². The highest BCUT2D eigenvalue weighted by atomic mass is 16.4. The van der Waals surface area contributed by atoms with Gasteiger partial charge in [0.2, 0.25) is 0 Å². The molecule has 0 aliphatic rings. The molecule has 8 heteroatoms. The van der Waals surface area contributed by atoms with Gasteiger partial charge >= 0.3 is 5.97 Å². The quantitative estimate of drug-likeness (QED) is 0.480. The molecule has 2 aromatic rings. The van der Waals surface area contributed by atoms with Crippen LogP contribution in [0.25, 0.3) is 0 Å². The molecule has 1 atom stereocenters. The fraction of sp³-hybridized carbons (Fsp3) is 0.231. The highest BCUT2D eigenvalue weighted by Crippen LogP contribution is 2.23. The topological polar surface area (TPSA) is 139 Å². The number of carbonyl (C=O) groups is 1. The Bertz CT molecular complexity index is 521. The molecule has 0 saturated carbocycles. The Hall–Kier alpha value is -2.74. The number of rotatable bonds is 4. The molecule has 0 saturated heterocycles. The van der Waals surface area contributed by atoms with E-state index in [4.69, 9.17) is 20.4 Å². The predicted octanol–water partition coefficient (Wildman–Crippen LogP) is 0.428. The van der Waals surface area contributed by atoms with E-state index in [0.29, 0.717) is 6.42 Å². The van der Waals surface area contributed by atoms with Gasteiger partial charge in [-0.15, -0.1) is 0 Å². The molecule has 0 radical (unpaired) electrons. The number of nitrogens with one attached hydrogen (secondary N) is 2. The van der Waals surface area contributed by atoms with Crippen LogP contribution >= 0.6 is 0 Å². The Balaban J connectivity index is 0.000000219. The molecule has 1 heterocycles. The van der Waals surface area contributed by atoms with Gasteiger partial charge in [-0.3, -0.25) is 4.79 Å². The van der Waals surface area contributed by atoms with E-state index in [9.17, 15) is 4.79 Å². The number of likely N-dealkylation sites (N-methyl/N-ethyl adjacent to an activating group) is 1. The monoisotopic (exact) mass is 295 g/mol. The maximum Gasteiger partial charge on any atom is 0.321 e. The van der Waals surface area contributed by atoms with Crippen molar-refractivity contribution in [3.8, 4) is 17.2 Å². The molecule has 1 aromatic heterocycles. The van der Waals surface area contributed by atoms with Crippen LogP contribution in [-0.2, 0) is 11.2 Å². The molecule has 2 rings (SSSR count). The second kappa shape index (κ2) is 7.75. The lowest BCUT2D eigenvalue weighted by Crippen LogP contribution is -2.35. The highest BCUT2D eigenvalue weighted by Gasteiger charge is 2.15. The summed E-state index contributed by atoms with van der Waals surface area (Å²) in [6.07, 6.45) is 3.57. The minimum absolute atomic E-state index is 0.146. The van der Waals surface area contributed by atoms with Crippen LogP contribution in [0.15, 0.2) is 30.7 Å². The lowest BCUT2D eigenvalue weighted by atomic mass is 10.2. The van der Waals surface area contributed by atoms with Crippen molar-refractivity contribution < 1.29 is 25.2 Å². The molecule has 114 valence electrons. The van der Waals surface area contributed by atoms with Crippen molar-refractivity contribution in [2.75, 3.05) is 7.05 Å². The van der Waals surface area contributed by atoms with Crippen molar-refractivity contribution in [2.45, 2.75) is 12.5 Å². The van der Waals surface area contributed by atoms with Gasteiger partial charge in [0.25, 0.3) is 0 Å². The second-order valence-electron chi connectivity index (χ2n) is 4.17. The summed E-state index contributed by atoms with van der Waals surface area (Å²) >= 11 is 0. The first-order chi connectivity index (χ1) is 9.92. The normalized spacial score (nSPS) is 11.3. The average Bonchev–Trinajstić information content (AvgIpc) is 2.87. The van der Waals surface area contributed by atoms with E-state index in [0.717, 1.165) is 23.9 Å². The van der Waals surface area contributed by atoms with Crippen LogP contribution in [0.5, 0.6) is 17.2 Å². The number of aromatic nitrogens is 2. The molecule has 0 aliphatic carbocycles. The van der Waals surface area contributed by atoms with Gasteiger partial charge in [-0.1, -0.05) is 0 Å². The Labute approximate surface area is 120 Å². The fourth-order valence-electron chi connectivity index (χ4n) is 1.51. The summed E-state index contributed by atoms with van der Waals surface area (Å²) in [6, 6.07) is 2.87. The maximum atomic E-state index is 10.6. The van der Waals surface area contributed by atoms with E-state index in [1.807, 2.05) is 0 Å². The van der Waals surface area contributed by atoms with Crippen molar-refractivity contribution in [3.05, 3.63) is 36.4 Å². The highest BCUT2D eigenvalue weighted by molar-refractivity contribution is 5.73. The zero-order valence-electron chi connectivity index (χ0n) is 11.3. The molecule has 21 heavy (non-hydrogen) atoms. The number of nitrogens with zero attached hydrogens (tertiary/aromatic N) is 1. The van der Waals surface area contributed by atoms with Crippen molar-refractivity contribution in [2.24, 2.45) is 0 Å². The third-order valence-corrected chi connectivity index (χ3v) is 2.51. The summed E-state index contributed by atoms with van der Waals surface area (Å²) in [5, 5.41) is 37.4. The van der Waals surface area contributed by atoms with E-state index in [-0.39, 0.29) is 17.2 Å². The molecule has 0 fully saturated rings. The Morgan fingerprint density at radius 1 is 1.24 bits per heavy atom. The van der Waals surface area contributed by atoms with Gasteiger partial charge in [-0.25, -0.2) is 4.98 Å². The van der Waals surface area contributed by atoms with Crippen molar-refractivity contribution in [3.63, 3.8) is 0 Å². The van der Waals surface area contributed by atoms with E-state index in [1.54, 1.807) is 13.2 Å². The third-order valence-electron chi connectivity index (χ3n) is 2.51. The van der Waals surface area contributed by atoms with Gasteiger partial charge in [-0.2, -0.15) is 0 Å². The molecule has 1 aromatic carbocycles.